The maximum absolute atomic E-state index is 12.7. The number of benzene rings is 1. The molecule has 0 spiro atoms. The van der Waals surface area contributed by atoms with Crippen LogP contribution in [0.2, 0.25) is 0 Å². The van der Waals surface area contributed by atoms with Gasteiger partial charge in [0.15, 0.2) is 0 Å². The first-order chi connectivity index (χ1) is 9.90. The quantitative estimate of drug-likeness (QED) is 0.799. The van der Waals surface area contributed by atoms with E-state index in [1.165, 1.54) is 29.2 Å². The van der Waals surface area contributed by atoms with E-state index in [0.29, 0.717) is 5.75 Å². The smallest absolute Gasteiger partial charge is 0.305 e. The molecule has 116 valence electrons. The fourth-order valence-corrected chi connectivity index (χ4v) is 1.82. The monoisotopic (exact) mass is 297 g/mol. The average Bonchev–Trinajstić information content (AvgIpc) is 2.40. The van der Waals surface area contributed by atoms with E-state index < -0.39 is 5.97 Å². The molecule has 0 fully saturated rings. The molecule has 0 aliphatic carbocycles. The van der Waals surface area contributed by atoms with Gasteiger partial charge in [0.1, 0.15) is 11.6 Å². The number of carbonyl (C=O) groups is 2. The van der Waals surface area contributed by atoms with Gasteiger partial charge in [-0.05, 0) is 38.1 Å². The Bertz CT molecular complexity index is 473. The van der Waals surface area contributed by atoms with Crippen molar-refractivity contribution < 1.29 is 23.8 Å². The third-order valence-electron chi connectivity index (χ3n) is 2.91. The summed E-state index contributed by atoms with van der Waals surface area (Å²) in [5, 5.41) is 8.68. The van der Waals surface area contributed by atoms with Crippen LogP contribution in [0.15, 0.2) is 24.3 Å². The summed E-state index contributed by atoms with van der Waals surface area (Å²) in [5.41, 5.74) is 0. The molecule has 0 radical (unpaired) electrons. The molecule has 0 aliphatic heterocycles. The van der Waals surface area contributed by atoms with Crippen LogP contribution in [-0.2, 0) is 9.59 Å². The molecular weight excluding hydrogens is 277 g/mol. The lowest BCUT2D eigenvalue weighted by Gasteiger charge is -2.26. The molecular formula is C15H20FNO4. The highest BCUT2D eigenvalue weighted by Gasteiger charge is 2.17. The van der Waals surface area contributed by atoms with Gasteiger partial charge in [0.05, 0.1) is 19.4 Å². The Morgan fingerprint density at radius 1 is 1.24 bits per heavy atom. The van der Waals surface area contributed by atoms with Crippen LogP contribution in [0.5, 0.6) is 5.75 Å². The average molecular weight is 297 g/mol. The van der Waals surface area contributed by atoms with Crippen molar-refractivity contribution in [2.75, 3.05) is 13.2 Å². The third kappa shape index (κ3) is 6.25. The van der Waals surface area contributed by atoms with Gasteiger partial charge in [-0.1, -0.05) is 0 Å². The van der Waals surface area contributed by atoms with Gasteiger partial charge < -0.3 is 14.7 Å². The first-order valence-electron chi connectivity index (χ1n) is 6.79. The molecule has 1 rings (SSSR count). The molecule has 1 amide bonds. The summed E-state index contributed by atoms with van der Waals surface area (Å²) in [6.07, 6.45) is 0.0674. The van der Waals surface area contributed by atoms with Crippen molar-refractivity contribution in [1.82, 2.24) is 4.90 Å². The van der Waals surface area contributed by atoms with Crippen molar-refractivity contribution >= 4 is 11.9 Å². The predicted octanol–water partition coefficient (Wildman–Crippen LogP) is 2.31. The standard InChI is InChI=1S/C15H20FNO4/c1-11(2)17(9-7-15(19)20)14(18)8-10-21-13-5-3-12(16)4-6-13/h3-6,11H,7-10H2,1-2H3,(H,19,20). The van der Waals surface area contributed by atoms with E-state index >= 15 is 0 Å². The molecule has 0 heterocycles. The van der Waals surface area contributed by atoms with Crippen molar-refractivity contribution in [1.29, 1.82) is 0 Å². The number of carboxylic acids is 1. The van der Waals surface area contributed by atoms with Gasteiger partial charge in [-0.3, -0.25) is 9.59 Å². The summed E-state index contributed by atoms with van der Waals surface area (Å²) >= 11 is 0. The van der Waals surface area contributed by atoms with Crippen molar-refractivity contribution in [3.63, 3.8) is 0 Å². The van der Waals surface area contributed by atoms with E-state index in [9.17, 15) is 14.0 Å². The minimum Gasteiger partial charge on any atom is -0.493 e. The first-order valence-corrected chi connectivity index (χ1v) is 6.79. The van der Waals surface area contributed by atoms with Gasteiger partial charge in [-0.2, -0.15) is 0 Å². The van der Waals surface area contributed by atoms with E-state index in [-0.39, 0.29) is 43.8 Å². The summed E-state index contributed by atoms with van der Waals surface area (Å²) in [6, 6.07) is 5.48. The van der Waals surface area contributed by atoms with Crippen LogP contribution in [0.4, 0.5) is 4.39 Å². The molecule has 1 N–H and O–H groups in total. The molecule has 1 aromatic carbocycles. The number of ether oxygens (including phenoxy) is 1. The number of carboxylic acid groups (broad SMARTS) is 1. The summed E-state index contributed by atoms with van der Waals surface area (Å²) in [5.74, 6) is -0.951. The zero-order valence-electron chi connectivity index (χ0n) is 12.2. The first kappa shape index (κ1) is 16.9. The van der Waals surface area contributed by atoms with Gasteiger partial charge >= 0.3 is 5.97 Å². The number of halogens is 1. The van der Waals surface area contributed by atoms with Crippen molar-refractivity contribution in [3.8, 4) is 5.75 Å². The number of aliphatic carboxylic acids is 1. The Morgan fingerprint density at radius 3 is 2.38 bits per heavy atom. The van der Waals surface area contributed by atoms with Crippen LogP contribution < -0.4 is 4.74 Å². The minimum absolute atomic E-state index is 0.0670. The number of hydrogen-bond acceptors (Lipinski definition) is 3. The molecule has 0 saturated heterocycles. The number of hydrogen-bond donors (Lipinski definition) is 1. The van der Waals surface area contributed by atoms with Gasteiger partial charge in [0.25, 0.3) is 0 Å². The molecule has 1 aromatic rings. The van der Waals surface area contributed by atoms with E-state index in [2.05, 4.69) is 0 Å². The molecule has 0 atom stereocenters. The Balaban J connectivity index is 2.42. The summed E-state index contributed by atoms with van der Waals surface area (Å²) in [6.45, 7) is 4.02. The molecule has 5 nitrogen and oxygen atoms in total. The zero-order valence-corrected chi connectivity index (χ0v) is 12.2. The van der Waals surface area contributed by atoms with Crippen LogP contribution in [0, 0.1) is 5.82 Å². The molecule has 0 unspecified atom stereocenters. The Labute approximate surface area is 123 Å². The SMILES string of the molecule is CC(C)N(CCC(=O)O)C(=O)CCOc1ccc(F)cc1. The fraction of sp³-hybridized carbons (Fsp3) is 0.467. The summed E-state index contributed by atoms with van der Waals surface area (Å²) in [4.78, 5) is 24.1. The van der Waals surface area contributed by atoms with Crippen molar-refractivity contribution in [2.24, 2.45) is 0 Å². The Morgan fingerprint density at radius 2 is 1.86 bits per heavy atom. The topological polar surface area (TPSA) is 66.8 Å². The maximum atomic E-state index is 12.7. The highest BCUT2D eigenvalue weighted by molar-refractivity contribution is 5.77. The molecule has 21 heavy (non-hydrogen) atoms. The number of rotatable bonds is 8. The van der Waals surface area contributed by atoms with E-state index in [0.717, 1.165) is 0 Å². The minimum atomic E-state index is -0.934. The Hall–Kier alpha value is -2.11. The van der Waals surface area contributed by atoms with Gasteiger partial charge in [0.2, 0.25) is 5.91 Å². The molecule has 0 saturated carbocycles. The van der Waals surface area contributed by atoms with Crippen LogP contribution in [0.3, 0.4) is 0 Å². The molecule has 0 aliphatic rings. The van der Waals surface area contributed by atoms with Crippen LogP contribution in [0.25, 0.3) is 0 Å². The van der Waals surface area contributed by atoms with E-state index in [4.69, 9.17) is 9.84 Å². The second-order valence-corrected chi connectivity index (χ2v) is 4.88. The highest BCUT2D eigenvalue weighted by Crippen LogP contribution is 2.12. The van der Waals surface area contributed by atoms with Gasteiger partial charge in [0, 0.05) is 12.6 Å². The fourth-order valence-electron chi connectivity index (χ4n) is 1.82. The lowest BCUT2D eigenvalue weighted by Crippen LogP contribution is -2.39. The van der Waals surface area contributed by atoms with Crippen LogP contribution in [-0.4, -0.2) is 41.1 Å². The number of carbonyl (C=O) groups excluding carboxylic acids is 1. The molecule has 6 heteroatoms. The second-order valence-electron chi connectivity index (χ2n) is 4.88. The highest BCUT2D eigenvalue weighted by atomic mass is 19.1. The summed E-state index contributed by atoms with van der Waals surface area (Å²) in [7, 11) is 0. The van der Waals surface area contributed by atoms with Crippen molar-refractivity contribution in [3.05, 3.63) is 30.1 Å². The summed E-state index contributed by atoms with van der Waals surface area (Å²) < 4.78 is 18.1. The zero-order chi connectivity index (χ0) is 15.8. The predicted molar refractivity (Wildman–Crippen MR) is 75.6 cm³/mol. The number of amides is 1. The van der Waals surface area contributed by atoms with Crippen LogP contribution in [0.1, 0.15) is 26.7 Å². The van der Waals surface area contributed by atoms with E-state index in [1.807, 2.05) is 13.8 Å². The maximum Gasteiger partial charge on any atom is 0.305 e. The van der Waals surface area contributed by atoms with Gasteiger partial charge in [-0.15, -0.1) is 0 Å². The second kappa shape index (κ2) is 8.24. The third-order valence-corrected chi connectivity index (χ3v) is 2.91. The normalized spacial score (nSPS) is 10.5. The van der Waals surface area contributed by atoms with E-state index in [1.54, 1.807) is 0 Å². The van der Waals surface area contributed by atoms with Gasteiger partial charge in [-0.25, -0.2) is 4.39 Å². The lowest BCUT2D eigenvalue weighted by molar-refractivity contribution is -0.139. The molecule has 0 aromatic heterocycles. The number of nitrogens with zero attached hydrogens (tertiary/aromatic N) is 1. The lowest BCUT2D eigenvalue weighted by atomic mass is 10.2. The largest absolute Gasteiger partial charge is 0.493 e. The van der Waals surface area contributed by atoms with Crippen LogP contribution >= 0.6 is 0 Å². The molecule has 0 bridgehead atoms. The van der Waals surface area contributed by atoms with Crippen molar-refractivity contribution in [2.45, 2.75) is 32.7 Å². The Kier molecular flexibility index (Phi) is 6.65.